The summed E-state index contributed by atoms with van der Waals surface area (Å²) in [7, 11) is 2.14. The van der Waals surface area contributed by atoms with E-state index in [0.29, 0.717) is 12.0 Å². The monoisotopic (exact) mass is 277 g/mol. The molecule has 4 nitrogen and oxygen atoms in total. The van der Waals surface area contributed by atoms with Crippen molar-refractivity contribution in [3.8, 4) is 0 Å². The number of nitrogens with one attached hydrogen (secondary N) is 1. The van der Waals surface area contributed by atoms with Crippen molar-refractivity contribution in [2.45, 2.75) is 32.7 Å². The molecule has 0 amide bonds. The second-order valence-electron chi connectivity index (χ2n) is 5.66. The summed E-state index contributed by atoms with van der Waals surface area (Å²) in [6.45, 7) is 8.12. The summed E-state index contributed by atoms with van der Waals surface area (Å²) in [4.78, 5) is 6.87. The number of hydrogen-bond donors (Lipinski definition) is 1. The molecule has 2 unspecified atom stereocenters. The van der Waals surface area contributed by atoms with Gasteiger partial charge in [0.1, 0.15) is 5.82 Å². The molecule has 0 spiro atoms. The van der Waals surface area contributed by atoms with Crippen LogP contribution in [0.4, 0.5) is 5.82 Å². The second kappa shape index (κ2) is 7.60. The molecule has 0 aromatic carbocycles. The topological polar surface area (TPSA) is 37.4 Å². The third-order valence-electron chi connectivity index (χ3n) is 3.94. The molecule has 1 N–H and O–H groups in total. The van der Waals surface area contributed by atoms with Crippen LogP contribution in [-0.4, -0.2) is 38.3 Å². The Hall–Kier alpha value is -1.13. The molecule has 4 heteroatoms. The third-order valence-corrected chi connectivity index (χ3v) is 3.94. The molecule has 0 aliphatic carbocycles. The molecule has 1 fully saturated rings. The van der Waals surface area contributed by atoms with Crippen LogP contribution in [0.25, 0.3) is 0 Å². The molecule has 1 aliphatic heterocycles. The van der Waals surface area contributed by atoms with E-state index in [2.05, 4.69) is 42.2 Å². The van der Waals surface area contributed by atoms with Gasteiger partial charge in [0.15, 0.2) is 0 Å². The van der Waals surface area contributed by atoms with E-state index in [4.69, 9.17) is 4.74 Å². The normalized spacial score (nSPS) is 20.6. The predicted octanol–water partition coefficient (Wildman–Crippen LogP) is 2.61. The summed E-state index contributed by atoms with van der Waals surface area (Å²) in [5, 5.41) is 3.47. The van der Waals surface area contributed by atoms with Gasteiger partial charge in [-0.15, -0.1) is 0 Å². The number of anilines is 1. The van der Waals surface area contributed by atoms with Crippen molar-refractivity contribution in [2.75, 3.05) is 38.3 Å². The van der Waals surface area contributed by atoms with Crippen molar-refractivity contribution in [3.05, 3.63) is 23.9 Å². The van der Waals surface area contributed by atoms with Crippen molar-refractivity contribution in [1.82, 2.24) is 10.3 Å². The van der Waals surface area contributed by atoms with Crippen LogP contribution in [0.3, 0.4) is 0 Å². The summed E-state index contributed by atoms with van der Waals surface area (Å²) < 4.78 is 5.58. The van der Waals surface area contributed by atoms with E-state index in [9.17, 15) is 0 Å². The second-order valence-corrected chi connectivity index (χ2v) is 5.66. The Bertz CT molecular complexity index is 404. The summed E-state index contributed by atoms with van der Waals surface area (Å²) in [5.41, 5.74) is 1.27. The van der Waals surface area contributed by atoms with Crippen molar-refractivity contribution >= 4 is 5.82 Å². The van der Waals surface area contributed by atoms with Crippen LogP contribution in [0.5, 0.6) is 0 Å². The Labute approximate surface area is 122 Å². The lowest BCUT2D eigenvalue weighted by molar-refractivity contribution is 0.0576. The molecule has 2 atom stereocenters. The molecule has 0 saturated carbocycles. The van der Waals surface area contributed by atoms with Gasteiger partial charge in [0.05, 0.1) is 6.61 Å². The van der Waals surface area contributed by atoms with Crippen LogP contribution in [0.1, 0.15) is 38.3 Å². The highest BCUT2D eigenvalue weighted by Gasteiger charge is 2.19. The smallest absolute Gasteiger partial charge is 0.133 e. The fourth-order valence-corrected chi connectivity index (χ4v) is 2.91. The lowest BCUT2D eigenvalue weighted by Crippen LogP contribution is -2.32. The van der Waals surface area contributed by atoms with Gasteiger partial charge >= 0.3 is 0 Å². The van der Waals surface area contributed by atoms with Crippen molar-refractivity contribution < 1.29 is 4.74 Å². The van der Waals surface area contributed by atoms with Gasteiger partial charge in [-0.2, -0.15) is 0 Å². The molecule has 0 bridgehead atoms. The summed E-state index contributed by atoms with van der Waals surface area (Å²) in [5.74, 6) is 1.71. The number of hydrogen-bond acceptors (Lipinski definition) is 4. The number of nitrogens with zero attached hydrogens (tertiary/aromatic N) is 2. The van der Waals surface area contributed by atoms with E-state index >= 15 is 0 Å². The zero-order valence-corrected chi connectivity index (χ0v) is 12.9. The van der Waals surface area contributed by atoms with E-state index in [0.717, 1.165) is 32.1 Å². The molecule has 1 aromatic rings. The first kappa shape index (κ1) is 15.3. The minimum Gasteiger partial charge on any atom is -0.381 e. The predicted molar refractivity (Wildman–Crippen MR) is 83.1 cm³/mol. The minimum absolute atomic E-state index is 0.328. The van der Waals surface area contributed by atoms with Gasteiger partial charge in [0.25, 0.3) is 0 Å². The molecule has 2 rings (SSSR count). The zero-order valence-electron chi connectivity index (χ0n) is 12.9. The molecular formula is C16H27N3O. The fourth-order valence-electron chi connectivity index (χ4n) is 2.91. The van der Waals surface area contributed by atoms with Crippen molar-refractivity contribution in [2.24, 2.45) is 5.92 Å². The zero-order chi connectivity index (χ0) is 14.4. The first-order chi connectivity index (χ1) is 9.72. The maximum absolute atomic E-state index is 5.58. The van der Waals surface area contributed by atoms with Crippen LogP contribution in [0, 0.1) is 5.92 Å². The van der Waals surface area contributed by atoms with E-state index in [1.165, 1.54) is 18.4 Å². The Balaban J connectivity index is 2.06. The Kier molecular flexibility index (Phi) is 5.80. The molecule has 1 aliphatic rings. The summed E-state index contributed by atoms with van der Waals surface area (Å²) in [6, 6.07) is 4.52. The molecule has 20 heavy (non-hydrogen) atoms. The van der Waals surface area contributed by atoms with Gasteiger partial charge < -0.3 is 15.0 Å². The van der Waals surface area contributed by atoms with Gasteiger partial charge in [-0.3, -0.25) is 0 Å². The van der Waals surface area contributed by atoms with Gasteiger partial charge in [-0.05, 0) is 38.3 Å². The van der Waals surface area contributed by atoms with Crippen LogP contribution in [0.2, 0.25) is 0 Å². The van der Waals surface area contributed by atoms with Crippen LogP contribution < -0.4 is 10.2 Å². The number of ether oxygens (including phenoxy) is 1. The third kappa shape index (κ3) is 3.93. The molecule has 2 heterocycles. The largest absolute Gasteiger partial charge is 0.381 e. The maximum Gasteiger partial charge on any atom is 0.133 e. The SMILES string of the molecule is CCNC(C)c1cccnc1N(C)CC1CCCOC1. The maximum atomic E-state index is 5.58. The van der Waals surface area contributed by atoms with Crippen molar-refractivity contribution in [3.63, 3.8) is 0 Å². The van der Waals surface area contributed by atoms with E-state index in [-0.39, 0.29) is 0 Å². The molecule has 0 radical (unpaired) electrons. The van der Waals surface area contributed by atoms with Crippen LogP contribution in [-0.2, 0) is 4.74 Å². The van der Waals surface area contributed by atoms with Gasteiger partial charge in [0.2, 0.25) is 0 Å². The van der Waals surface area contributed by atoms with E-state index in [1.54, 1.807) is 0 Å². The quantitative estimate of drug-likeness (QED) is 0.867. The first-order valence-electron chi connectivity index (χ1n) is 7.69. The molecule has 1 saturated heterocycles. The summed E-state index contributed by atoms with van der Waals surface area (Å²) in [6.07, 6.45) is 4.32. The van der Waals surface area contributed by atoms with Gasteiger partial charge in [-0.1, -0.05) is 13.0 Å². The average molecular weight is 277 g/mol. The lowest BCUT2D eigenvalue weighted by Gasteiger charge is -2.29. The Morgan fingerprint density at radius 2 is 2.40 bits per heavy atom. The van der Waals surface area contributed by atoms with Crippen LogP contribution in [0.15, 0.2) is 18.3 Å². The average Bonchev–Trinajstić information content (AvgIpc) is 2.48. The Morgan fingerprint density at radius 3 is 3.10 bits per heavy atom. The molecular weight excluding hydrogens is 250 g/mol. The number of aromatic nitrogens is 1. The van der Waals surface area contributed by atoms with E-state index in [1.807, 2.05) is 12.3 Å². The number of rotatable bonds is 6. The Morgan fingerprint density at radius 1 is 1.55 bits per heavy atom. The van der Waals surface area contributed by atoms with Crippen LogP contribution >= 0.6 is 0 Å². The fraction of sp³-hybridized carbons (Fsp3) is 0.688. The standard InChI is InChI=1S/C16H27N3O/c1-4-17-13(2)15-8-5-9-18-16(15)19(3)11-14-7-6-10-20-12-14/h5,8-9,13-14,17H,4,6-7,10-12H2,1-3H3. The van der Waals surface area contributed by atoms with Gasteiger partial charge in [0, 0.05) is 38.0 Å². The highest BCUT2D eigenvalue weighted by atomic mass is 16.5. The molecule has 112 valence electrons. The summed E-state index contributed by atoms with van der Waals surface area (Å²) >= 11 is 0. The highest BCUT2D eigenvalue weighted by Crippen LogP contribution is 2.25. The van der Waals surface area contributed by atoms with E-state index < -0.39 is 0 Å². The lowest BCUT2D eigenvalue weighted by atomic mass is 10.0. The number of pyridine rings is 1. The van der Waals surface area contributed by atoms with Crippen molar-refractivity contribution in [1.29, 1.82) is 0 Å². The highest BCUT2D eigenvalue weighted by molar-refractivity contribution is 5.47. The molecule has 1 aromatic heterocycles. The van der Waals surface area contributed by atoms with Gasteiger partial charge in [-0.25, -0.2) is 4.98 Å². The minimum atomic E-state index is 0.328. The first-order valence-corrected chi connectivity index (χ1v) is 7.69.